The van der Waals surface area contributed by atoms with Gasteiger partial charge in [-0.2, -0.15) is 0 Å². The predicted molar refractivity (Wildman–Crippen MR) is 39.8 cm³/mol. The molecule has 1 saturated carbocycles. The van der Waals surface area contributed by atoms with E-state index in [4.69, 9.17) is 0 Å². The second-order valence-electron chi connectivity index (χ2n) is 3.61. The van der Waals surface area contributed by atoms with Crippen LogP contribution >= 0.6 is 0 Å². The Hall–Kier alpha value is -0.0800. The van der Waals surface area contributed by atoms with Gasteiger partial charge in [0.1, 0.15) is 0 Å². The third-order valence-corrected chi connectivity index (χ3v) is 2.93. The van der Waals surface area contributed by atoms with Gasteiger partial charge in [0.2, 0.25) is 0 Å². The van der Waals surface area contributed by atoms with Gasteiger partial charge in [-0.15, -0.1) is 0 Å². The molecular weight excluding hydrogens is 126 g/mol. The molecule has 1 unspecified atom stereocenters. The summed E-state index contributed by atoms with van der Waals surface area (Å²) < 4.78 is 0. The maximum atomic E-state index is 9.85. The van der Waals surface area contributed by atoms with Gasteiger partial charge in [-0.3, -0.25) is 0 Å². The number of nitrogens with one attached hydrogen (secondary N) is 1. The Kier molecular flexibility index (Phi) is 1.46. The molecule has 1 saturated heterocycles. The van der Waals surface area contributed by atoms with Crippen LogP contribution in [0.2, 0.25) is 0 Å². The van der Waals surface area contributed by atoms with Gasteiger partial charge in [-0.1, -0.05) is 0 Å². The minimum Gasteiger partial charge on any atom is -0.388 e. The van der Waals surface area contributed by atoms with Gasteiger partial charge < -0.3 is 10.4 Å². The van der Waals surface area contributed by atoms with Crippen LogP contribution in [0.1, 0.15) is 32.1 Å². The molecule has 2 N–H and O–H groups in total. The molecule has 2 rings (SSSR count). The summed E-state index contributed by atoms with van der Waals surface area (Å²) >= 11 is 0. The van der Waals surface area contributed by atoms with Gasteiger partial charge in [0.15, 0.2) is 0 Å². The van der Waals surface area contributed by atoms with Crippen LogP contribution in [0.4, 0.5) is 0 Å². The van der Waals surface area contributed by atoms with E-state index in [-0.39, 0.29) is 5.60 Å². The van der Waals surface area contributed by atoms with E-state index in [2.05, 4.69) is 5.32 Å². The lowest BCUT2D eigenvalue weighted by Crippen LogP contribution is -2.52. The standard InChI is InChI=1S/C8H15NO/c10-8(4-2-5-8)7-3-1-6-9-7/h7,9-10H,1-6H2. The number of hydrogen-bond donors (Lipinski definition) is 2. The smallest absolute Gasteiger partial charge is 0.0800 e. The summed E-state index contributed by atoms with van der Waals surface area (Å²) in [4.78, 5) is 0. The molecule has 0 aromatic heterocycles. The van der Waals surface area contributed by atoms with Crippen LogP contribution in [0.5, 0.6) is 0 Å². The molecule has 0 spiro atoms. The summed E-state index contributed by atoms with van der Waals surface area (Å²) in [7, 11) is 0. The molecule has 10 heavy (non-hydrogen) atoms. The van der Waals surface area contributed by atoms with Crippen molar-refractivity contribution in [2.45, 2.75) is 43.7 Å². The summed E-state index contributed by atoms with van der Waals surface area (Å²) in [6.07, 6.45) is 5.67. The molecule has 2 aliphatic rings. The highest BCUT2D eigenvalue weighted by molar-refractivity contribution is 4.99. The van der Waals surface area contributed by atoms with Crippen molar-refractivity contribution in [1.29, 1.82) is 0 Å². The van der Waals surface area contributed by atoms with Crippen molar-refractivity contribution in [3.05, 3.63) is 0 Å². The van der Waals surface area contributed by atoms with E-state index in [0.29, 0.717) is 6.04 Å². The first-order valence-corrected chi connectivity index (χ1v) is 4.27. The van der Waals surface area contributed by atoms with Gasteiger partial charge in [0, 0.05) is 6.04 Å². The minimum atomic E-state index is -0.309. The van der Waals surface area contributed by atoms with Crippen LogP contribution in [0, 0.1) is 0 Å². The Morgan fingerprint density at radius 1 is 1.30 bits per heavy atom. The van der Waals surface area contributed by atoms with E-state index in [9.17, 15) is 5.11 Å². The SMILES string of the molecule is OC1(C2CCCN2)CCC1. The molecule has 2 fully saturated rings. The van der Waals surface area contributed by atoms with Crippen molar-refractivity contribution in [1.82, 2.24) is 5.32 Å². The Labute approximate surface area is 61.6 Å². The highest BCUT2D eigenvalue weighted by Crippen LogP contribution is 2.37. The first-order valence-electron chi connectivity index (χ1n) is 4.27. The highest BCUT2D eigenvalue weighted by Gasteiger charge is 2.42. The molecule has 0 aromatic rings. The minimum absolute atomic E-state index is 0.309. The largest absolute Gasteiger partial charge is 0.388 e. The van der Waals surface area contributed by atoms with E-state index in [1.54, 1.807) is 0 Å². The molecule has 0 amide bonds. The van der Waals surface area contributed by atoms with Gasteiger partial charge in [-0.25, -0.2) is 0 Å². The van der Waals surface area contributed by atoms with Gasteiger partial charge >= 0.3 is 0 Å². The molecule has 58 valence electrons. The average Bonchev–Trinajstić information content (AvgIpc) is 2.33. The number of hydrogen-bond acceptors (Lipinski definition) is 2. The first-order chi connectivity index (χ1) is 4.81. The molecule has 1 heterocycles. The third-order valence-electron chi connectivity index (χ3n) is 2.93. The molecular formula is C8H15NO. The zero-order valence-corrected chi connectivity index (χ0v) is 6.27. The fourth-order valence-corrected chi connectivity index (χ4v) is 2.03. The molecule has 0 bridgehead atoms. The lowest BCUT2D eigenvalue weighted by molar-refractivity contribution is -0.0599. The summed E-state index contributed by atoms with van der Waals surface area (Å²) in [6.45, 7) is 1.10. The highest BCUT2D eigenvalue weighted by atomic mass is 16.3. The molecule has 1 aliphatic heterocycles. The molecule has 0 radical (unpaired) electrons. The fourth-order valence-electron chi connectivity index (χ4n) is 2.03. The van der Waals surface area contributed by atoms with E-state index >= 15 is 0 Å². The zero-order chi connectivity index (χ0) is 7.03. The van der Waals surface area contributed by atoms with Crippen LogP contribution in [0.25, 0.3) is 0 Å². The molecule has 1 aliphatic carbocycles. The Balaban J connectivity index is 1.96. The van der Waals surface area contributed by atoms with Crippen LogP contribution in [0.15, 0.2) is 0 Å². The maximum absolute atomic E-state index is 9.85. The zero-order valence-electron chi connectivity index (χ0n) is 6.27. The van der Waals surface area contributed by atoms with Gasteiger partial charge in [0.05, 0.1) is 5.60 Å². The molecule has 2 heteroatoms. The van der Waals surface area contributed by atoms with E-state index in [1.807, 2.05) is 0 Å². The van der Waals surface area contributed by atoms with Crippen molar-refractivity contribution in [2.24, 2.45) is 0 Å². The Morgan fingerprint density at radius 2 is 2.10 bits per heavy atom. The fraction of sp³-hybridized carbons (Fsp3) is 1.00. The second-order valence-corrected chi connectivity index (χ2v) is 3.61. The summed E-state index contributed by atoms with van der Waals surface area (Å²) in [5.41, 5.74) is -0.309. The van der Waals surface area contributed by atoms with Gasteiger partial charge in [0.25, 0.3) is 0 Å². The van der Waals surface area contributed by atoms with Crippen LogP contribution in [-0.4, -0.2) is 23.3 Å². The molecule has 1 atom stereocenters. The quantitative estimate of drug-likeness (QED) is 0.562. The predicted octanol–water partition coefficient (Wildman–Crippen LogP) is 0.653. The van der Waals surface area contributed by atoms with Gasteiger partial charge in [-0.05, 0) is 38.6 Å². The van der Waals surface area contributed by atoms with E-state index in [0.717, 1.165) is 19.4 Å². The summed E-state index contributed by atoms with van der Waals surface area (Å²) in [5.74, 6) is 0. The topological polar surface area (TPSA) is 32.3 Å². The summed E-state index contributed by atoms with van der Waals surface area (Å²) in [5, 5.41) is 13.2. The maximum Gasteiger partial charge on any atom is 0.0800 e. The first kappa shape index (κ1) is 6.62. The van der Waals surface area contributed by atoms with Crippen LogP contribution < -0.4 is 5.32 Å². The molecule has 2 nitrogen and oxygen atoms in total. The molecule has 0 aromatic carbocycles. The van der Waals surface area contributed by atoms with Crippen molar-refractivity contribution < 1.29 is 5.11 Å². The number of rotatable bonds is 1. The van der Waals surface area contributed by atoms with E-state index < -0.39 is 0 Å². The normalized spacial score (nSPS) is 37.5. The van der Waals surface area contributed by atoms with Crippen molar-refractivity contribution in [3.8, 4) is 0 Å². The monoisotopic (exact) mass is 141 g/mol. The Bertz CT molecular complexity index is 125. The van der Waals surface area contributed by atoms with Crippen LogP contribution in [0.3, 0.4) is 0 Å². The Morgan fingerprint density at radius 3 is 2.50 bits per heavy atom. The van der Waals surface area contributed by atoms with E-state index in [1.165, 1.54) is 19.3 Å². The van der Waals surface area contributed by atoms with Crippen LogP contribution in [-0.2, 0) is 0 Å². The second kappa shape index (κ2) is 2.21. The number of aliphatic hydroxyl groups is 1. The third kappa shape index (κ3) is 0.867. The van der Waals surface area contributed by atoms with Crippen molar-refractivity contribution in [3.63, 3.8) is 0 Å². The average molecular weight is 141 g/mol. The lowest BCUT2D eigenvalue weighted by Gasteiger charge is -2.41. The van der Waals surface area contributed by atoms with Crippen molar-refractivity contribution >= 4 is 0 Å². The van der Waals surface area contributed by atoms with Crippen molar-refractivity contribution in [2.75, 3.05) is 6.54 Å². The summed E-state index contributed by atoms with van der Waals surface area (Å²) in [6, 6.07) is 0.418. The lowest BCUT2D eigenvalue weighted by atomic mass is 9.74.